The van der Waals surface area contributed by atoms with Gasteiger partial charge in [-0.1, -0.05) is 0 Å². The van der Waals surface area contributed by atoms with E-state index in [9.17, 15) is 4.79 Å². The number of rotatable bonds is 1. The summed E-state index contributed by atoms with van der Waals surface area (Å²) >= 11 is 0. The normalized spacial score (nSPS) is 21.9. The smallest absolute Gasteiger partial charge is 0.255 e. The van der Waals surface area contributed by atoms with Crippen molar-refractivity contribution < 1.29 is 4.79 Å². The molecule has 1 aromatic rings. The average Bonchev–Trinajstić information content (AvgIpc) is 2.57. The molecule has 17 heavy (non-hydrogen) atoms. The van der Waals surface area contributed by atoms with Crippen LogP contribution in [0.4, 0.5) is 0 Å². The number of aryl methyl sites for hydroxylation is 2. The molecule has 0 aliphatic carbocycles. The van der Waals surface area contributed by atoms with Gasteiger partial charge in [-0.3, -0.25) is 4.79 Å². The molecule has 94 valence electrons. The molecule has 2 heterocycles. The van der Waals surface area contributed by atoms with Crippen LogP contribution in [0.3, 0.4) is 0 Å². The van der Waals surface area contributed by atoms with Gasteiger partial charge in [-0.2, -0.15) is 0 Å². The second kappa shape index (κ2) is 4.53. The molecular formula is C13H21N3O. The molecule has 4 nitrogen and oxygen atoms in total. The Bertz CT molecular complexity index is 424. The van der Waals surface area contributed by atoms with Crippen LogP contribution in [0.2, 0.25) is 0 Å². The van der Waals surface area contributed by atoms with Crippen LogP contribution in [-0.4, -0.2) is 53.0 Å². The van der Waals surface area contributed by atoms with Gasteiger partial charge >= 0.3 is 0 Å². The predicted molar refractivity (Wildman–Crippen MR) is 68.1 cm³/mol. The van der Waals surface area contributed by atoms with Crippen molar-refractivity contribution >= 4 is 5.91 Å². The van der Waals surface area contributed by atoms with Crippen molar-refractivity contribution in [3.8, 4) is 0 Å². The van der Waals surface area contributed by atoms with Crippen LogP contribution in [0.1, 0.15) is 22.8 Å². The Hall–Kier alpha value is -1.29. The standard InChI is InChI=1S/C13H21N3O/c1-10-7-15(4)9-12(10)13(17)16-6-5-14(3)8-11(16)2/h7,9,11H,5-6,8H2,1-4H3. The first-order valence-corrected chi connectivity index (χ1v) is 6.11. The number of amides is 1. The third-order valence-corrected chi connectivity index (χ3v) is 3.48. The molecule has 2 rings (SSSR count). The molecule has 1 aromatic heterocycles. The maximum Gasteiger partial charge on any atom is 0.255 e. The molecule has 1 saturated heterocycles. The maximum atomic E-state index is 12.4. The quantitative estimate of drug-likeness (QED) is 0.729. The number of hydrogen-bond donors (Lipinski definition) is 0. The Labute approximate surface area is 103 Å². The van der Waals surface area contributed by atoms with Gasteiger partial charge in [0.15, 0.2) is 0 Å². The van der Waals surface area contributed by atoms with E-state index in [1.54, 1.807) is 0 Å². The van der Waals surface area contributed by atoms with E-state index in [1.807, 2.05) is 35.8 Å². The van der Waals surface area contributed by atoms with Gasteiger partial charge in [0.1, 0.15) is 0 Å². The van der Waals surface area contributed by atoms with Crippen molar-refractivity contribution in [2.24, 2.45) is 7.05 Å². The van der Waals surface area contributed by atoms with Crippen LogP contribution in [0, 0.1) is 6.92 Å². The summed E-state index contributed by atoms with van der Waals surface area (Å²) in [6, 6.07) is 0.292. The Morgan fingerprint density at radius 2 is 2.00 bits per heavy atom. The molecule has 0 aromatic carbocycles. The summed E-state index contributed by atoms with van der Waals surface area (Å²) in [4.78, 5) is 16.7. The lowest BCUT2D eigenvalue weighted by atomic mass is 10.1. The van der Waals surface area contributed by atoms with Crippen LogP contribution < -0.4 is 0 Å². The first-order chi connectivity index (χ1) is 7.99. The van der Waals surface area contributed by atoms with Gasteiger partial charge in [0.2, 0.25) is 0 Å². The Morgan fingerprint density at radius 3 is 2.53 bits per heavy atom. The molecule has 1 amide bonds. The SMILES string of the molecule is Cc1cn(C)cc1C(=O)N1CCN(C)CC1C. The molecular weight excluding hydrogens is 214 g/mol. The lowest BCUT2D eigenvalue weighted by molar-refractivity contribution is 0.0533. The number of aromatic nitrogens is 1. The van der Waals surface area contributed by atoms with E-state index in [0.717, 1.165) is 30.8 Å². The first-order valence-electron chi connectivity index (χ1n) is 6.11. The van der Waals surface area contributed by atoms with Crippen LogP contribution in [-0.2, 0) is 7.05 Å². The molecule has 0 bridgehead atoms. The summed E-state index contributed by atoms with van der Waals surface area (Å²) < 4.78 is 1.95. The summed E-state index contributed by atoms with van der Waals surface area (Å²) in [6.07, 6.45) is 3.91. The minimum atomic E-state index is 0.170. The highest BCUT2D eigenvalue weighted by molar-refractivity contribution is 5.95. The van der Waals surface area contributed by atoms with Crippen molar-refractivity contribution in [1.82, 2.24) is 14.4 Å². The van der Waals surface area contributed by atoms with Gasteiger partial charge in [0, 0.05) is 45.1 Å². The summed E-state index contributed by atoms with van der Waals surface area (Å²) in [5.41, 5.74) is 1.90. The van der Waals surface area contributed by atoms with Crippen molar-refractivity contribution in [2.45, 2.75) is 19.9 Å². The van der Waals surface area contributed by atoms with Gasteiger partial charge in [-0.15, -0.1) is 0 Å². The van der Waals surface area contributed by atoms with Gasteiger partial charge in [-0.05, 0) is 26.5 Å². The molecule has 0 radical (unpaired) electrons. The van der Waals surface area contributed by atoms with Gasteiger partial charge in [-0.25, -0.2) is 0 Å². The van der Waals surface area contributed by atoms with E-state index >= 15 is 0 Å². The number of carbonyl (C=O) groups is 1. The zero-order chi connectivity index (χ0) is 12.6. The molecule has 4 heteroatoms. The van der Waals surface area contributed by atoms with Gasteiger partial charge in [0.05, 0.1) is 5.56 Å². The van der Waals surface area contributed by atoms with Gasteiger partial charge < -0.3 is 14.4 Å². The molecule has 1 fully saturated rings. The van der Waals surface area contributed by atoms with E-state index in [1.165, 1.54) is 0 Å². The average molecular weight is 235 g/mol. The Kier molecular flexibility index (Phi) is 3.24. The minimum absolute atomic E-state index is 0.170. The fourth-order valence-corrected chi connectivity index (χ4v) is 2.54. The van der Waals surface area contributed by atoms with Crippen LogP contribution in [0.5, 0.6) is 0 Å². The number of nitrogens with zero attached hydrogens (tertiary/aromatic N) is 3. The van der Waals surface area contributed by atoms with Crippen molar-refractivity contribution in [1.29, 1.82) is 0 Å². The summed E-state index contributed by atoms with van der Waals surface area (Å²) in [5.74, 6) is 0.170. The second-order valence-corrected chi connectivity index (χ2v) is 5.13. The zero-order valence-electron chi connectivity index (χ0n) is 11.1. The van der Waals surface area contributed by atoms with Crippen molar-refractivity contribution in [3.63, 3.8) is 0 Å². The largest absolute Gasteiger partial charge is 0.356 e. The van der Waals surface area contributed by atoms with E-state index < -0.39 is 0 Å². The number of piperazine rings is 1. The highest BCUT2D eigenvalue weighted by atomic mass is 16.2. The highest BCUT2D eigenvalue weighted by Gasteiger charge is 2.27. The fourth-order valence-electron chi connectivity index (χ4n) is 2.54. The summed E-state index contributed by atoms with van der Waals surface area (Å²) in [5, 5.41) is 0. The Morgan fingerprint density at radius 1 is 1.29 bits per heavy atom. The first kappa shape index (κ1) is 12.2. The second-order valence-electron chi connectivity index (χ2n) is 5.13. The molecule has 0 saturated carbocycles. The molecule has 1 atom stereocenters. The van der Waals surface area contributed by atoms with E-state index in [4.69, 9.17) is 0 Å². The van der Waals surface area contributed by atoms with Gasteiger partial charge in [0.25, 0.3) is 5.91 Å². The Balaban J connectivity index is 2.17. The minimum Gasteiger partial charge on any atom is -0.356 e. The topological polar surface area (TPSA) is 28.5 Å². The molecule has 1 aliphatic heterocycles. The summed E-state index contributed by atoms with van der Waals surface area (Å²) in [6.45, 7) is 6.85. The zero-order valence-corrected chi connectivity index (χ0v) is 11.1. The summed E-state index contributed by atoms with van der Waals surface area (Å²) in [7, 11) is 4.06. The number of likely N-dealkylation sites (N-methyl/N-ethyl adjacent to an activating group) is 1. The third-order valence-electron chi connectivity index (χ3n) is 3.48. The van der Waals surface area contributed by atoms with Crippen LogP contribution >= 0.6 is 0 Å². The number of carbonyl (C=O) groups excluding carboxylic acids is 1. The lowest BCUT2D eigenvalue weighted by Crippen LogP contribution is -2.52. The highest BCUT2D eigenvalue weighted by Crippen LogP contribution is 2.16. The molecule has 1 unspecified atom stereocenters. The van der Waals surface area contributed by atoms with Crippen molar-refractivity contribution in [3.05, 3.63) is 23.5 Å². The predicted octanol–water partition coefficient (Wildman–Crippen LogP) is 1.11. The van der Waals surface area contributed by atoms with Crippen LogP contribution in [0.25, 0.3) is 0 Å². The monoisotopic (exact) mass is 235 g/mol. The maximum absolute atomic E-state index is 12.4. The van der Waals surface area contributed by atoms with E-state index in [2.05, 4.69) is 18.9 Å². The van der Waals surface area contributed by atoms with Crippen LogP contribution in [0.15, 0.2) is 12.4 Å². The molecule has 1 aliphatic rings. The van der Waals surface area contributed by atoms with Crippen molar-refractivity contribution in [2.75, 3.05) is 26.7 Å². The molecule has 0 spiro atoms. The molecule has 0 N–H and O–H groups in total. The van der Waals surface area contributed by atoms with E-state index in [-0.39, 0.29) is 5.91 Å². The third kappa shape index (κ3) is 2.36. The number of hydrogen-bond acceptors (Lipinski definition) is 2. The van der Waals surface area contributed by atoms with E-state index in [0.29, 0.717) is 6.04 Å². The lowest BCUT2D eigenvalue weighted by Gasteiger charge is -2.38. The fraction of sp³-hybridized carbons (Fsp3) is 0.615.